The maximum atomic E-state index is 12.2. The van der Waals surface area contributed by atoms with E-state index in [1.54, 1.807) is 18.9 Å². The van der Waals surface area contributed by atoms with Crippen molar-refractivity contribution in [2.75, 3.05) is 31.6 Å². The molecule has 0 saturated carbocycles. The Morgan fingerprint density at radius 1 is 1.42 bits per heavy atom. The van der Waals surface area contributed by atoms with Crippen LogP contribution >= 0.6 is 0 Å². The Morgan fingerprint density at radius 2 is 2.12 bits per heavy atom. The maximum absolute atomic E-state index is 12.2. The number of ether oxygens (including phenoxy) is 2. The third-order valence-electron chi connectivity index (χ3n) is 3.96. The van der Waals surface area contributed by atoms with Crippen molar-refractivity contribution in [1.82, 2.24) is 14.9 Å². The number of likely N-dealkylation sites (N-methyl/N-ethyl adjacent to an activating group) is 1. The van der Waals surface area contributed by atoms with Crippen LogP contribution in [0.15, 0.2) is 6.20 Å². The molecule has 9 heteroatoms. The number of nitrogens with zero attached hydrogens (tertiary/aromatic N) is 4. The average Bonchev–Trinajstić information content (AvgIpc) is 3.02. The lowest BCUT2D eigenvalue weighted by Crippen LogP contribution is -2.42. The van der Waals surface area contributed by atoms with E-state index < -0.39 is 11.5 Å². The van der Waals surface area contributed by atoms with Gasteiger partial charge in [-0.3, -0.25) is 4.79 Å². The summed E-state index contributed by atoms with van der Waals surface area (Å²) in [4.78, 5) is 35.8. The fraction of sp³-hybridized carbons (Fsp3) is 0.647. The quantitative estimate of drug-likeness (QED) is 0.840. The SMILES string of the molecule is CCOc1nc(N2CC[C@@H](N(C)C(=O)OC(C)(C)C)C2)ncc1C(N)=O. The Labute approximate surface area is 153 Å². The highest BCUT2D eigenvalue weighted by Crippen LogP contribution is 2.24. The molecule has 0 aromatic carbocycles. The number of primary amides is 1. The van der Waals surface area contributed by atoms with Gasteiger partial charge in [0.25, 0.3) is 5.91 Å². The Kier molecular flexibility index (Phi) is 5.89. The van der Waals surface area contributed by atoms with Gasteiger partial charge in [-0.15, -0.1) is 0 Å². The lowest BCUT2D eigenvalue weighted by Gasteiger charge is -2.28. The standard InChI is InChI=1S/C17H27N5O4/c1-6-25-14-12(13(18)23)9-19-15(20-14)22-8-7-11(10-22)21(5)16(24)26-17(2,3)4/h9,11H,6-8,10H2,1-5H3,(H2,18,23)/t11-/m1/s1. The summed E-state index contributed by atoms with van der Waals surface area (Å²) in [6.45, 7) is 8.92. The van der Waals surface area contributed by atoms with Gasteiger partial charge in [-0.2, -0.15) is 4.98 Å². The molecule has 26 heavy (non-hydrogen) atoms. The first-order chi connectivity index (χ1) is 12.1. The summed E-state index contributed by atoms with van der Waals surface area (Å²) in [6.07, 6.45) is 1.78. The molecule has 0 unspecified atom stereocenters. The zero-order chi connectivity index (χ0) is 19.5. The topological polar surface area (TPSA) is 111 Å². The van der Waals surface area contributed by atoms with Crippen LogP contribution in [0.5, 0.6) is 5.88 Å². The number of aromatic nitrogens is 2. The first-order valence-corrected chi connectivity index (χ1v) is 8.62. The van der Waals surface area contributed by atoms with Gasteiger partial charge in [-0.1, -0.05) is 0 Å². The fourth-order valence-corrected chi connectivity index (χ4v) is 2.65. The van der Waals surface area contributed by atoms with E-state index >= 15 is 0 Å². The normalized spacial score (nSPS) is 17.1. The van der Waals surface area contributed by atoms with Crippen molar-refractivity contribution >= 4 is 17.9 Å². The van der Waals surface area contributed by atoms with E-state index in [-0.39, 0.29) is 23.6 Å². The number of carbonyl (C=O) groups is 2. The molecule has 9 nitrogen and oxygen atoms in total. The maximum Gasteiger partial charge on any atom is 0.410 e. The summed E-state index contributed by atoms with van der Waals surface area (Å²) >= 11 is 0. The zero-order valence-electron chi connectivity index (χ0n) is 16.0. The molecule has 2 rings (SSSR count). The van der Waals surface area contributed by atoms with Gasteiger partial charge < -0.3 is 25.0 Å². The molecule has 1 atom stereocenters. The van der Waals surface area contributed by atoms with Crippen molar-refractivity contribution in [2.24, 2.45) is 5.73 Å². The molecule has 0 aliphatic carbocycles. The number of hydrogen-bond acceptors (Lipinski definition) is 7. The minimum absolute atomic E-state index is 0.0141. The summed E-state index contributed by atoms with van der Waals surface area (Å²) in [5.74, 6) is -0.0172. The van der Waals surface area contributed by atoms with Gasteiger partial charge in [0.2, 0.25) is 11.8 Å². The number of amides is 2. The lowest BCUT2D eigenvalue weighted by molar-refractivity contribution is 0.0237. The molecule has 0 radical (unpaired) electrons. The van der Waals surface area contributed by atoms with Gasteiger partial charge >= 0.3 is 6.09 Å². The summed E-state index contributed by atoms with van der Waals surface area (Å²) < 4.78 is 10.8. The van der Waals surface area contributed by atoms with Crippen LogP contribution in [-0.4, -0.2) is 65.3 Å². The largest absolute Gasteiger partial charge is 0.477 e. The van der Waals surface area contributed by atoms with E-state index in [1.807, 2.05) is 25.7 Å². The Hall–Kier alpha value is -2.58. The van der Waals surface area contributed by atoms with E-state index in [0.29, 0.717) is 25.6 Å². The predicted molar refractivity (Wildman–Crippen MR) is 96.3 cm³/mol. The molecule has 1 aliphatic rings. The molecule has 1 fully saturated rings. The van der Waals surface area contributed by atoms with Crippen LogP contribution < -0.4 is 15.4 Å². The molecule has 144 valence electrons. The van der Waals surface area contributed by atoms with Gasteiger partial charge in [0.15, 0.2) is 0 Å². The summed E-state index contributed by atoms with van der Waals surface area (Å²) in [5, 5.41) is 0. The van der Waals surface area contributed by atoms with Crippen LogP contribution in [0.25, 0.3) is 0 Å². The Balaban J connectivity index is 2.09. The third kappa shape index (κ3) is 4.74. The highest BCUT2D eigenvalue weighted by Gasteiger charge is 2.32. The third-order valence-corrected chi connectivity index (χ3v) is 3.96. The second kappa shape index (κ2) is 7.76. The second-order valence-corrected chi connectivity index (χ2v) is 7.17. The van der Waals surface area contributed by atoms with E-state index in [4.69, 9.17) is 15.2 Å². The molecule has 2 heterocycles. The van der Waals surface area contributed by atoms with Crippen molar-refractivity contribution in [2.45, 2.75) is 45.8 Å². The van der Waals surface area contributed by atoms with Crippen LogP contribution in [0, 0.1) is 0 Å². The molecule has 2 amide bonds. The predicted octanol–water partition coefficient (Wildman–Crippen LogP) is 1.42. The summed E-state index contributed by atoms with van der Waals surface area (Å²) in [5.41, 5.74) is 4.94. The molecular formula is C17H27N5O4. The fourth-order valence-electron chi connectivity index (χ4n) is 2.65. The first-order valence-electron chi connectivity index (χ1n) is 8.62. The van der Waals surface area contributed by atoms with Crippen LogP contribution in [0.2, 0.25) is 0 Å². The van der Waals surface area contributed by atoms with Gasteiger partial charge in [0.1, 0.15) is 11.2 Å². The lowest BCUT2D eigenvalue weighted by atomic mass is 10.2. The summed E-state index contributed by atoms with van der Waals surface area (Å²) in [6, 6.07) is -0.0141. The number of nitrogens with two attached hydrogens (primary N) is 1. The van der Waals surface area contributed by atoms with Crippen LogP contribution in [-0.2, 0) is 4.74 Å². The zero-order valence-corrected chi connectivity index (χ0v) is 16.0. The number of hydrogen-bond donors (Lipinski definition) is 1. The molecule has 1 aliphatic heterocycles. The first kappa shape index (κ1) is 19.7. The molecular weight excluding hydrogens is 338 g/mol. The number of rotatable bonds is 5. The van der Waals surface area contributed by atoms with E-state index in [9.17, 15) is 9.59 Å². The number of anilines is 1. The summed E-state index contributed by atoms with van der Waals surface area (Å²) in [7, 11) is 1.73. The molecule has 2 N–H and O–H groups in total. The van der Waals surface area contributed by atoms with E-state index in [1.165, 1.54) is 6.20 Å². The average molecular weight is 365 g/mol. The molecule has 0 spiro atoms. The highest BCUT2D eigenvalue weighted by atomic mass is 16.6. The van der Waals surface area contributed by atoms with Crippen molar-refractivity contribution in [3.63, 3.8) is 0 Å². The highest BCUT2D eigenvalue weighted by molar-refractivity contribution is 5.94. The van der Waals surface area contributed by atoms with Crippen molar-refractivity contribution in [1.29, 1.82) is 0 Å². The van der Waals surface area contributed by atoms with Gasteiger partial charge in [-0.05, 0) is 34.1 Å². The van der Waals surface area contributed by atoms with Crippen LogP contribution in [0.1, 0.15) is 44.5 Å². The minimum Gasteiger partial charge on any atom is -0.477 e. The Bertz CT molecular complexity index is 674. The Morgan fingerprint density at radius 3 is 2.69 bits per heavy atom. The minimum atomic E-state index is -0.635. The van der Waals surface area contributed by atoms with E-state index in [2.05, 4.69) is 9.97 Å². The molecule has 1 aromatic heterocycles. The van der Waals surface area contributed by atoms with Gasteiger partial charge in [0.05, 0.1) is 12.6 Å². The van der Waals surface area contributed by atoms with Crippen molar-refractivity contribution in [3.8, 4) is 5.88 Å². The van der Waals surface area contributed by atoms with Crippen LogP contribution in [0.3, 0.4) is 0 Å². The van der Waals surface area contributed by atoms with Crippen molar-refractivity contribution in [3.05, 3.63) is 11.8 Å². The molecule has 1 aromatic rings. The molecule has 0 bridgehead atoms. The second-order valence-electron chi connectivity index (χ2n) is 7.17. The van der Waals surface area contributed by atoms with Gasteiger partial charge in [0, 0.05) is 26.3 Å². The van der Waals surface area contributed by atoms with Crippen LogP contribution in [0.4, 0.5) is 10.7 Å². The van der Waals surface area contributed by atoms with E-state index in [0.717, 1.165) is 6.42 Å². The smallest absolute Gasteiger partial charge is 0.410 e. The number of carbonyl (C=O) groups excluding carboxylic acids is 2. The monoisotopic (exact) mass is 365 g/mol. The van der Waals surface area contributed by atoms with Crippen molar-refractivity contribution < 1.29 is 19.1 Å². The van der Waals surface area contributed by atoms with Gasteiger partial charge in [-0.25, -0.2) is 9.78 Å². The molecule has 1 saturated heterocycles.